The molecule has 3 heteroatoms. The fraction of sp³-hybridized carbons (Fsp3) is 0.286. The van der Waals surface area contributed by atoms with Gasteiger partial charge >= 0.3 is 0 Å². The van der Waals surface area contributed by atoms with Crippen LogP contribution in [0, 0.1) is 0 Å². The number of benzene rings is 1. The molecule has 0 bridgehead atoms. The van der Waals surface area contributed by atoms with Crippen molar-refractivity contribution in [2.75, 3.05) is 5.88 Å². The van der Waals surface area contributed by atoms with Gasteiger partial charge in [0, 0.05) is 12.3 Å². The molecule has 1 N–H and O–H groups in total. The molecule has 0 saturated heterocycles. The highest BCUT2D eigenvalue weighted by molar-refractivity contribution is 6.17. The Morgan fingerprint density at radius 3 is 2.47 bits per heavy atom. The Kier molecular flexibility index (Phi) is 3.87. The minimum Gasteiger partial charge on any atom is -0.469 e. The zero-order chi connectivity index (χ0) is 12.1. The molecule has 1 atom stereocenters. The summed E-state index contributed by atoms with van der Waals surface area (Å²) in [5.74, 6) is 1.17. The predicted molar refractivity (Wildman–Crippen MR) is 68.1 cm³/mol. The molecule has 17 heavy (non-hydrogen) atoms. The van der Waals surface area contributed by atoms with E-state index in [-0.39, 0.29) is 0 Å². The van der Waals surface area contributed by atoms with Crippen LogP contribution >= 0.6 is 11.6 Å². The van der Waals surface area contributed by atoms with Crippen LogP contribution in [0.2, 0.25) is 0 Å². The molecule has 1 unspecified atom stereocenters. The first-order valence-electron chi connectivity index (χ1n) is 5.61. The van der Waals surface area contributed by atoms with Crippen LogP contribution in [0.5, 0.6) is 0 Å². The lowest BCUT2D eigenvalue weighted by Crippen LogP contribution is -2.29. The lowest BCUT2D eigenvalue weighted by Gasteiger charge is -2.27. The maximum absolute atomic E-state index is 10.7. The second-order valence-corrected chi connectivity index (χ2v) is 4.47. The van der Waals surface area contributed by atoms with Gasteiger partial charge in [-0.3, -0.25) is 0 Å². The van der Waals surface area contributed by atoms with Crippen LogP contribution in [-0.2, 0) is 12.0 Å². The van der Waals surface area contributed by atoms with Crippen molar-refractivity contribution in [2.45, 2.75) is 18.4 Å². The van der Waals surface area contributed by atoms with Crippen LogP contribution in [0.1, 0.15) is 17.7 Å². The van der Waals surface area contributed by atoms with E-state index in [2.05, 4.69) is 0 Å². The highest BCUT2D eigenvalue weighted by Gasteiger charge is 2.29. The molecule has 2 aromatic rings. The van der Waals surface area contributed by atoms with E-state index in [4.69, 9.17) is 16.0 Å². The van der Waals surface area contributed by atoms with Gasteiger partial charge in [-0.15, -0.1) is 11.6 Å². The van der Waals surface area contributed by atoms with Gasteiger partial charge in [0.05, 0.1) is 11.9 Å². The largest absolute Gasteiger partial charge is 0.469 e. The van der Waals surface area contributed by atoms with Crippen molar-refractivity contribution >= 4 is 11.6 Å². The number of furan rings is 1. The molecule has 90 valence electrons. The van der Waals surface area contributed by atoms with E-state index in [0.717, 1.165) is 11.3 Å². The third-order valence-corrected chi connectivity index (χ3v) is 3.05. The van der Waals surface area contributed by atoms with E-state index >= 15 is 0 Å². The van der Waals surface area contributed by atoms with Gasteiger partial charge in [0.2, 0.25) is 0 Å². The maximum Gasteiger partial charge on any atom is 0.106 e. The Labute approximate surface area is 106 Å². The van der Waals surface area contributed by atoms with E-state index in [1.54, 1.807) is 6.26 Å². The smallest absolute Gasteiger partial charge is 0.106 e. The summed E-state index contributed by atoms with van der Waals surface area (Å²) in [6.07, 6.45) is 2.55. The molecular weight excluding hydrogens is 236 g/mol. The SMILES string of the molecule is OC(CCCl)(Cc1ccco1)c1ccccc1. The average molecular weight is 251 g/mol. The van der Waals surface area contributed by atoms with E-state index in [0.29, 0.717) is 18.7 Å². The molecule has 2 rings (SSSR count). The van der Waals surface area contributed by atoms with Crippen LogP contribution in [0.3, 0.4) is 0 Å². The van der Waals surface area contributed by atoms with Gasteiger partial charge in [-0.1, -0.05) is 30.3 Å². The topological polar surface area (TPSA) is 33.4 Å². The number of alkyl halides is 1. The van der Waals surface area contributed by atoms with E-state index in [1.165, 1.54) is 0 Å². The molecule has 0 aliphatic rings. The summed E-state index contributed by atoms with van der Waals surface area (Å²) in [7, 11) is 0. The second kappa shape index (κ2) is 5.39. The summed E-state index contributed by atoms with van der Waals surface area (Å²) < 4.78 is 5.29. The molecule has 1 aromatic carbocycles. The summed E-state index contributed by atoms with van der Waals surface area (Å²) in [6.45, 7) is 0. The van der Waals surface area contributed by atoms with Crippen LogP contribution in [-0.4, -0.2) is 11.0 Å². The molecule has 0 spiro atoms. The normalized spacial score (nSPS) is 14.5. The number of halogens is 1. The van der Waals surface area contributed by atoms with Crippen molar-refractivity contribution in [2.24, 2.45) is 0 Å². The fourth-order valence-corrected chi connectivity index (χ4v) is 2.25. The Morgan fingerprint density at radius 2 is 1.88 bits per heavy atom. The predicted octanol–water partition coefficient (Wildman–Crippen LogP) is 3.34. The van der Waals surface area contributed by atoms with Gasteiger partial charge in [0.25, 0.3) is 0 Å². The Balaban J connectivity index is 2.26. The highest BCUT2D eigenvalue weighted by Crippen LogP contribution is 2.29. The zero-order valence-electron chi connectivity index (χ0n) is 9.47. The van der Waals surface area contributed by atoms with Crippen molar-refractivity contribution in [3.05, 3.63) is 60.1 Å². The monoisotopic (exact) mass is 250 g/mol. The molecule has 1 heterocycles. The maximum atomic E-state index is 10.7. The minimum absolute atomic E-state index is 0.409. The Hall–Kier alpha value is -1.25. The van der Waals surface area contributed by atoms with Gasteiger partial charge < -0.3 is 9.52 Å². The van der Waals surface area contributed by atoms with Crippen molar-refractivity contribution in [3.63, 3.8) is 0 Å². The lowest BCUT2D eigenvalue weighted by molar-refractivity contribution is 0.0286. The Morgan fingerprint density at radius 1 is 1.12 bits per heavy atom. The highest BCUT2D eigenvalue weighted by atomic mass is 35.5. The third-order valence-electron chi connectivity index (χ3n) is 2.87. The van der Waals surface area contributed by atoms with E-state index < -0.39 is 5.60 Å². The Bertz CT molecular complexity index is 439. The minimum atomic E-state index is -0.957. The van der Waals surface area contributed by atoms with Crippen LogP contribution in [0.15, 0.2) is 53.1 Å². The third kappa shape index (κ3) is 2.90. The van der Waals surface area contributed by atoms with Gasteiger partial charge in [-0.2, -0.15) is 0 Å². The van der Waals surface area contributed by atoms with Crippen molar-refractivity contribution in [3.8, 4) is 0 Å². The number of rotatable bonds is 5. The summed E-state index contributed by atoms with van der Waals surface area (Å²) in [6, 6.07) is 13.3. The quantitative estimate of drug-likeness (QED) is 0.826. The van der Waals surface area contributed by atoms with Gasteiger partial charge in [-0.25, -0.2) is 0 Å². The first kappa shape index (κ1) is 12.2. The summed E-state index contributed by atoms with van der Waals surface area (Å²) >= 11 is 5.79. The molecule has 0 fully saturated rings. The first-order valence-corrected chi connectivity index (χ1v) is 6.14. The molecule has 0 aliphatic carbocycles. The average Bonchev–Trinajstić information content (AvgIpc) is 2.83. The van der Waals surface area contributed by atoms with Crippen molar-refractivity contribution in [1.29, 1.82) is 0 Å². The van der Waals surface area contributed by atoms with E-state index in [9.17, 15) is 5.11 Å². The van der Waals surface area contributed by atoms with Gasteiger partial charge in [-0.05, 0) is 24.1 Å². The zero-order valence-corrected chi connectivity index (χ0v) is 10.2. The van der Waals surface area contributed by atoms with Crippen LogP contribution in [0.25, 0.3) is 0 Å². The second-order valence-electron chi connectivity index (χ2n) is 4.09. The molecule has 1 aromatic heterocycles. The number of hydrogen-bond acceptors (Lipinski definition) is 2. The van der Waals surface area contributed by atoms with Gasteiger partial charge in [0.1, 0.15) is 5.76 Å². The summed E-state index contributed by atoms with van der Waals surface area (Å²) in [4.78, 5) is 0. The van der Waals surface area contributed by atoms with E-state index in [1.807, 2.05) is 42.5 Å². The van der Waals surface area contributed by atoms with Crippen molar-refractivity contribution < 1.29 is 9.52 Å². The molecule has 0 saturated carbocycles. The molecule has 0 aliphatic heterocycles. The van der Waals surface area contributed by atoms with Crippen molar-refractivity contribution in [1.82, 2.24) is 0 Å². The first-order chi connectivity index (χ1) is 8.24. The standard InChI is InChI=1S/C14H15ClO2/c15-9-8-14(16,11-13-7-4-10-17-13)12-5-2-1-3-6-12/h1-7,10,16H,8-9,11H2. The molecule has 0 radical (unpaired) electrons. The fourth-order valence-electron chi connectivity index (χ4n) is 1.94. The molecular formula is C14H15ClO2. The number of hydrogen-bond donors (Lipinski definition) is 1. The van der Waals surface area contributed by atoms with Gasteiger partial charge in [0.15, 0.2) is 0 Å². The molecule has 2 nitrogen and oxygen atoms in total. The van der Waals surface area contributed by atoms with Crippen LogP contribution < -0.4 is 0 Å². The summed E-state index contributed by atoms with van der Waals surface area (Å²) in [5.41, 5.74) is -0.0852. The lowest BCUT2D eigenvalue weighted by atomic mass is 9.87. The van der Waals surface area contributed by atoms with Crippen LogP contribution in [0.4, 0.5) is 0 Å². The number of aliphatic hydroxyl groups is 1. The molecule has 0 amide bonds. The summed E-state index contributed by atoms with van der Waals surface area (Å²) in [5, 5.41) is 10.7.